The summed E-state index contributed by atoms with van der Waals surface area (Å²) >= 11 is 0. The van der Waals surface area contributed by atoms with E-state index in [1.54, 1.807) is 45.8 Å². The summed E-state index contributed by atoms with van der Waals surface area (Å²) in [5, 5.41) is 0. The lowest BCUT2D eigenvalue weighted by Crippen LogP contribution is -2.81. The van der Waals surface area contributed by atoms with E-state index in [1.807, 2.05) is 0 Å². The van der Waals surface area contributed by atoms with E-state index in [-0.39, 0.29) is 18.8 Å². The van der Waals surface area contributed by atoms with E-state index in [1.165, 1.54) is 6.92 Å². The fourth-order valence-corrected chi connectivity index (χ4v) is 50.2. The summed E-state index contributed by atoms with van der Waals surface area (Å²) in [6.07, 6.45) is 0.528. The maximum atomic E-state index is 11.3. The molecule has 4 atom stereocenters. The second-order valence-corrected chi connectivity index (χ2v) is 33.8. The fourth-order valence-electron chi connectivity index (χ4n) is 5.21. The van der Waals surface area contributed by atoms with Gasteiger partial charge in [-0.1, -0.05) is 0 Å². The number of fused-ring (bicyclic) bond motifs is 1. The molecule has 0 aromatic rings. The van der Waals surface area contributed by atoms with E-state index >= 15 is 0 Å². The molecule has 4 unspecified atom stereocenters. The van der Waals surface area contributed by atoms with Gasteiger partial charge in [-0.2, -0.15) is 0 Å². The Labute approximate surface area is 213 Å². The molecule has 6 aliphatic rings. The highest BCUT2D eigenvalue weighted by atomic mass is 28.6. The second-order valence-electron chi connectivity index (χ2n) is 9.80. The molecule has 6 rings (SSSR count). The summed E-state index contributed by atoms with van der Waals surface area (Å²) < 4.78 is 84.1. The van der Waals surface area contributed by atoms with Crippen molar-refractivity contribution in [2.24, 2.45) is 0 Å². The highest BCUT2D eigenvalue weighted by Crippen LogP contribution is 2.47. The molecule has 0 aliphatic carbocycles. The first kappa shape index (κ1) is 27.3. The fraction of sp³-hybridized carbons (Fsp3) is 0.923. The van der Waals surface area contributed by atoms with Gasteiger partial charge in [0.1, 0.15) is 0 Å². The molecule has 0 amide bonds. The smallest absolute Gasteiger partial charge is 0.466 e. The van der Waals surface area contributed by atoms with Crippen molar-refractivity contribution in [2.75, 3.05) is 12.8 Å². The Hall–Kier alpha value is 0.725. The van der Waals surface area contributed by atoms with Crippen LogP contribution in [0.1, 0.15) is 13.3 Å². The lowest BCUT2D eigenvalue weighted by atomic mass is 10.5. The number of rotatable bonds is 4. The van der Waals surface area contributed by atoms with Gasteiger partial charge >= 0.3 is 76.2 Å². The molecule has 0 saturated carbocycles. The molecule has 8 bridgehead atoms. The predicted molar refractivity (Wildman–Crippen MR) is 131 cm³/mol. The maximum absolute atomic E-state index is 11.3. The Kier molecular flexibility index (Phi) is 6.52. The van der Waals surface area contributed by atoms with Crippen LogP contribution in [0.2, 0.25) is 51.9 Å². The third-order valence-corrected chi connectivity index (χ3v) is 40.9. The number of hydrogen-bond donors (Lipinski definition) is 0. The monoisotopic (exact) mass is 636 g/mol. The molecule has 0 spiro atoms. The summed E-state index contributed by atoms with van der Waals surface area (Å²) in [5.41, 5.74) is 0. The van der Waals surface area contributed by atoms with E-state index < -0.39 is 70.2 Å². The quantitative estimate of drug-likeness (QED) is 0.248. The molecule has 6 saturated heterocycles. The number of esters is 1. The van der Waals surface area contributed by atoms with Crippen LogP contribution in [0, 0.1) is 0 Å². The summed E-state index contributed by atoms with van der Waals surface area (Å²) in [4.78, 5) is 11.3. The van der Waals surface area contributed by atoms with Crippen LogP contribution in [-0.2, 0) is 59.2 Å². The summed E-state index contributed by atoms with van der Waals surface area (Å²) in [7, 11) is -28.1. The van der Waals surface area contributed by atoms with Crippen molar-refractivity contribution in [3.63, 3.8) is 0 Å². The summed E-state index contributed by atoms with van der Waals surface area (Å²) in [5.74, 6) is -0.362. The second kappa shape index (κ2) is 8.36. The maximum Gasteiger partial charge on any atom is 0.482 e. The molecule has 14 nitrogen and oxygen atoms in total. The van der Waals surface area contributed by atoms with Crippen molar-refractivity contribution in [3.05, 3.63) is 0 Å². The first-order valence-electron chi connectivity index (χ1n) is 11.4. The van der Waals surface area contributed by atoms with Crippen LogP contribution in [0.25, 0.3) is 0 Å². The van der Waals surface area contributed by atoms with Crippen LogP contribution >= 0.6 is 0 Å². The summed E-state index contributed by atoms with van der Waals surface area (Å²) in [6.45, 7) is 13.8. The van der Waals surface area contributed by atoms with Crippen LogP contribution in [0.15, 0.2) is 0 Å². The third kappa shape index (κ3) is 5.57. The SMILES string of the molecule is CC(=O)OCCC[Si]12CO[Si]3(C)O[Si]4(C)O[Si](C)(O1)O[Si]1(C)O[Si](C)(O2)O[Si](C)(O3)O[Si](C)(O4)O1. The molecule has 0 aromatic heterocycles. The Morgan fingerprint density at radius 1 is 0.600 bits per heavy atom. The molecule has 0 aromatic carbocycles. The lowest BCUT2D eigenvalue weighted by Gasteiger charge is -2.56. The van der Waals surface area contributed by atoms with E-state index in [0.717, 1.165) is 0 Å². The van der Waals surface area contributed by atoms with Crippen molar-refractivity contribution >= 4 is 76.2 Å². The first-order chi connectivity index (χ1) is 15.9. The number of carbonyl (C=O) groups excluding carboxylic acids is 1. The van der Waals surface area contributed by atoms with Crippen molar-refractivity contribution in [3.8, 4) is 0 Å². The molecule has 6 heterocycles. The van der Waals surface area contributed by atoms with E-state index in [4.69, 9.17) is 54.4 Å². The van der Waals surface area contributed by atoms with Gasteiger partial charge in [-0.3, -0.25) is 4.79 Å². The molecule has 6 aliphatic heterocycles. The van der Waals surface area contributed by atoms with Crippen LogP contribution in [0.3, 0.4) is 0 Å². The molecular formula is C13H32O14Si8. The van der Waals surface area contributed by atoms with Crippen LogP contribution in [0.5, 0.6) is 0 Å². The standard InChI is InChI=1S/C13H32O14Si8/c1-13(14)15-10-9-11-35-12-16-28(2)17-29(3)19-31(5)20-30(4,18-28)23-34(8,27-35)25-32(6,21-31)24-33(7,22-29)26-35/h9-12H2,1-8H3. The zero-order valence-electron chi connectivity index (χ0n) is 21.0. The molecule has 35 heavy (non-hydrogen) atoms. The number of carbonyl (C=O) groups is 1. The Bertz CT molecular complexity index is 873. The Balaban J connectivity index is 1.66. The van der Waals surface area contributed by atoms with Crippen molar-refractivity contribution in [1.29, 1.82) is 0 Å². The first-order valence-corrected chi connectivity index (χ1v) is 29.2. The normalized spacial score (nSPS) is 55.3. The minimum absolute atomic E-state index is 0.0587. The van der Waals surface area contributed by atoms with Crippen LogP contribution < -0.4 is 0 Å². The van der Waals surface area contributed by atoms with E-state index in [0.29, 0.717) is 12.5 Å². The largest absolute Gasteiger partial charge is 0.482 e. The molecule has 22 heteroatoms. The minimum Gasteiger partial charge on any atom is -0.466 e. The topological polar surface area (TPSA) is 137 Å². The van der Waals surface area contributed by atoms with Gasteiger partial charge in [-0.25, -0.2) is 0 Å². The number of hydrogen-bond acceptors (Lipinski definition) is 14. The molecule has 200 valence electrons. The number of ether oxygens (including phenoxy) is 1. The van der Waals surface area contributed by atoms with E-state index in [2.05, 4.69) is 0 Å². The van der Waals surface area contributed by atoms with Gasteiger partial charge in [-0.15, -0.1) is 0 Å². The van der Waals surface area contributed by atoms with Gasteiger partial charge in [0, 0.05) is 52.8 Å². The van der Waals surface area contributed by atoms with Crippen molar-refractivity contribution in [2.45, 2.75) is 65.2 Å². The van der Waals surface area contributed by atoms with Crippen LogP contribution in [-0.4, -0.2) is 89.0 Å². The third-order valence-electron chi connectivity index (χ3n) is 5.64. The minimum atomic E-state index is -3.57. The van der Waals surface area contributed by atoms with Gasteiger partial charge in [-0.05, 0) is 12.5 Å². The lowest BCUT2D eigenvalue weighted by molar-refractivity contribution is -0.141. The highest BCUT2D eigenvalue weighted by Gasteiger charge is 2.76. The Morgan fingerprint density at radius 3 is 1.31 bits per heavy atom. The van der Waals surface area contributed by atoms with Crippen molar-refractivity contribution < 1.29 is 59.2 Å². The van der Waals surface area contributed by atoms with Gasteiger partial charge in [0.05, 0.1) is 12.8 Å². The average molecular weight is 637 g/mol. The molecule has 0 N–H and O–H groups in total. The van der Waals surface area contributed by atoms with Crippen LogP contribution in [0.4, 0.5) is 0 Å². The molecule has 0 radical (unpaired) electrons. The van der Waals surface area contributed by atoms with E-state index in [9.17, 15) is 4.79 Å². The predicted octanol–water partition coefficient (Wildman–Crippen LogP) is 1.17. The Morgan fingerprint density at radius 2 is 0.943 bits per heavy atom. The molecule has 6 fully saturated rings. The van der Waals surface area contributed by atoms with Gasteiger partial charge in [0.25, 0.3) is 0 Å². The van der Waals surface area contributed by atoms with Gasteiger partial charge in [0.15, 0.2) is 0 Å². The highest BCUT2D eigenvalue weighted by molar-refractivity contribution is 7.00. The van der Waals surface area contributed by atoms with Gasteiger partial charge < -0.3 is 54.4 Å². The zero-order valence-corrected chi connectivity index (χ0v) is 29.0. The average Bonchev–Trinajstić information content (AvgIpc) is 2.61. The van der Waals surface area contributed by atoms with Crippen molar-refractivity contribution in [1.82, 2.24) is 0 Å². The van der Waals surface area contributed by atoms with Gasteiger partial charge in [0.2, 0.25) is 0 Å². The molecular weight excluding hydrogens is 605 g/mol. The zero-order chi connectivity index (χ0) is 25.6. The summed E-state index contributed by atoms with van der Waals surface area (Å²) in [6, 6.07) is 0.402.